The number of hydrogen-bond acceptors (Lipinski definition) is 5. The van der Waals surface area contributed by atoms with Crippen LogP contribution in [0.15, 0.2) is 53.3 Å². The van der Waals surface area contributed by atoms with Crippen LogP contribution in [-0.2, 0) is 17.6 Å². The summed E-state index contributed by atoms with van der Waals surface area (Å²) in [5.41, 5.74) is 3.12. The molecule has 1 aliphatic rings. The molecule has 3 aromatic rings. The predicted molar refractivity (Wildman–Crippen MR) is 105 cm³/mol. The summed E-state index contributed by atoms with van der Waals surface area (Å²) in [4.78, 5) is 23.2. The van der Waals surface area contributed by atoms with E-state index in [1.807, 2.05) is 35.2 Å². The zero-order valence-corrected chi connectivity index (χ0v) is 16.0. The van der Waals surface area contributed by atoms with Crippen LogP contribution in [0, 0.1) is 12.8 Å². The van der Waals surface area contributed by atoms with Crippen molar-refractivity contribution in [3.8, 4) is 11.5 Å². The second kappa shape index (κ2) is 8.33. The van der Waals surface area contributed by atoms with Crippen molar-refractivity contribution in [2.75, 3.05) is 13.1 Å². The minimum Gasteiger partial charge on any atom is -0.342 e. The van der Waals surface area contributed by atoms with Gasteiger partial charge in [0.05, 0.1) is 12.0 Å². The first-order chi connectivity index (χ1) is 13.7. The summed E-state index contributed by atoms with van der Waals surface area (Å²) >= 11 is 0. The molecule has 1 unspecified atom stereocenters. The number of nitrogens with zero attached hydrogens (tertiary/aromatic N) is 4. The monoisotopic (exact) mass is 376 g/mol. The minimum absolute atomic E-state index is 0.218. The van der Waals surface area contributed by atoms with Gasteiger partial charge >= 0.3 is 0 Å². The van der Waals surface area contributed by atoms with Gasteiger partial charge in [-0.1, -0.05) is 29.4 Å². The molecule has 3 heterocycles. The van der Waals surface area contributed by atoms with Crippen LogP contribution in [0.5, 0.6) is 0 Å². The van der Waals surface area contributed by atoms with Crippen molar-refractivity contribution < 1.29 is 9.32 Å². The normalized spacial score (nSPS) is 16.5. The van der Waals surface area contributed by atoms with E-state index in [1.165, 1.54) is 5.56 Å². The Morgan fingerprint density at radius 3 is 2.96 bits per heavy atom. The first-order valence-corrected chi connectivity index (χ1v) is 9.74. The topological polar surface area (TPSA) is 72.1 Å². The minimum atomic E-state index is 0.218. The van der Waals surface area contributed by atoms with Gasteiger partial charge in [0.15, 0.2) is 5.82 Å². The molecular formula is C22H24N4O2. The third-order valence-electron chi connectivity index (χ3n) is 5.39. The molecule has 1 aliphatic heterocycles. The molecule has 1 atom stereocenters. The second-order valence-corrected chi connectivity index (χ2v) is 7.39. The fraction of sp³-hybridized carbons (Fsp3) is 0.364. The zero-order valence-electron chi connectivity index (χ0n) is 16.0. The Morgan fingerprint density at radius 2 is 2.14 bits per heavy atom. The lowest BCUT2D eigenvalue weighted by Gasteiger charge is -2.17. The van der Waals surface area contributed by atoms with Crippen molar-refractivity contribution in [1.29, 1.82) is 0 Å². The van der Waals surface area contributed by atoms with Crippen LogP contribution in [0.25, 0.3) is 11.5 Å². The van der Waals surface area contributed by atoms with E-state index in [0.29, 0.717) is 24.1 Å². The average Bonchev–Trinajstić information content (AvgIpc) is 3.38. The summed E-state index contributed by atoms with van der Waals surface area (Å²) in [6.07, 6.45) is 6.67. The lowest BCUT2D eigenvalue weighted by molar-refractivity contribution is -0.129. The molecule has 0 radical (unpaired) electrons. The first-order valence-electron chi connectivity index (χ1n) is 9.74. The molecule has 144 valence electrons. The highest BCUT2D eigenvalue weighted by molar-refractivity contribution is 5.79. The summed E-state index contributed by atoms with van der Waals surface area (Å²) < 4.78 is 5.34. The van der Waals surface area contributed by atoms with E-state index in [9.17, 15) is 4.79 Å². The first kappa shape index (κ1) is 18.3. The van der Waals surface area contributed by atoms with Crippen LogP contribution in [0.1, 0.15) is 29.8 Å². The van der Waals surface area contributed by atoms with Crippen LogP contribution >= 0.6 is 0 Å². The smallest absolute Gasteiger partial charge is 0.259 e. The highest BCUT2D eigenvalue weighted by Gasteiger charge is 2.26. The van der Waals surface area contributed by atoms with Crippen molar-refractivity contribution in [2.24, 2.45) is 5.92 Å². The quantitative estimate of drug-likeness (QED) is 0.659. The van der Waals surface area contributed by atoms with Crippen LogP contribution in [0.4, 0.5) is 0 Å². The molecular weight excluding hydrogens is 352 g/mol. The largest absolute Gasteiger partial charge is 0.342 e. The third kappa shape index (κ3) is 4.27. The maximum atomic E-state index is 12.6. The number of likely N-dealkylation sites (tertiary alicyclic amines) is 1. The molecule has 1 aromatic carbocycles. The fourth-order valence-corrected chi connectivity index (χ4v) is 3.67. The Kier molecular flexibility index (Phi) is 5.46. The summed E-state index contributed by atoms with van der Waals surface area (Å²) in [5.74, 6) is 1.92. The molecule has 0 N–H and O–H groups in total. The Labute approximate surface area is 164 Å². The summed E-state index contributed by atoms with van der Waals surface area (Å²) in [5, 5.41) is 4.08. The average molecular weight is 376 g/mol. The van der Waals surface area contributed by atoms with Gasteiger partial charge in [-0.25, -0.2) is 0 Å². The predicted octanol–water partition coefficient (Wildman–Crippen LogP) is 3.46. The van der Waals surface area contributed by atoms with Crippen molar-refractivity contribution >= 4 is 5.91 Å². The van der Waals surface area contributed by atoms with Gasteiger partial charge in [0.2, 0.25) is 5.91 Å². The Balaban J connectivity index is 1.28. The van der Waals surface area contributed by atoms with Gasteiger partial charge in [-0.2, -0.15) is 4.98 Å². The summed E-state index contributed by atoms with van der Waals surface area (Å²) in [6.45, 7) is 3.71. The van der Waals surface area contributed by atoms with Gasteiger partial charge in [-0.15, -0.1) is 0 Å². The summed E-state index contributed by atoms with van der Waals surface area (Å²) in [7, 11) is 0. The number of pyridine rings is 1. The Morgan fingerprint density at radius 1 is 1.25 bits per heavy atom. The number of carbonyl (C=O) groups excluding carboxylic acids is 1. The molecule has 0 aliphatic carbocycles. The molecule has 0 bridgehead atoms. The Hall–Kier alpha value is -3.02. The molecule has 4 rings (SSSR count). The van der Waals surface area contributed by atoms with Gasteiger partial charge in [0.25, 0.3) is 5.89 Å². The number of benzene rings is 1. The van der Waals surface area contributed by atoms with E-state index in [4.69, 9.17) is 4.52 Å². The molecule has 1 amide bonds. The van der Waals surface area contributed by atoms with Crippen LogP contribution < -0.4 is 0 Å². The van der Waals surface area contributed by atoms with Crippen LogP contribution in [0.2, 0.25) is 0 Å². The number of carbonyl (C=O) groups is 1. The molecule has 6 nitrogen and oxygen atoms in total. The van der Waals surface area contributed by atoms with Gasteiger partial charge in [0, 0.05) is 31.9 Å². The van der Waals surface area contributed by atoms with Gasteiger partial charge in [-0.3, -0.25) is 9.78 Å². The zero-order chi connectivity index (χ0) is 19.3. The van der Waals surface area contributed by atoms with Crippen LogP contribution in [-0.4, -0.2) is 39.0 Å². The lowest BCUT2D eigenvalue weighted by Crippen LogP contribution is -2.30. The van der Waals surface area contributed by atoms with Crippen LogP contribution in [0.3, 0.4) is 0 Å². The standard InChI is InChI=1S/C22H24N4O2/c1-16-5-2-3-6-18(16)13-21(27)26-12-10-17(15-26)8-9-20-24-22(28-25-20)19-7-4-11-23-14-19/h2-7,11,14,17H,8-10,12-13,15H2,1H3. The van der Waals surface area contributed by atoms with E-state index in [1.54, 1.807) is 12.4 Å². The fourth-order valence-electron chi connectivity index (χ4n) is 3.67. The highest BCUT2D eigenvalue weighted by atomic mass is 16.5. The molecule has 1 fully saturated rings. The maximum absolute atomic E-state index is 12.6. The molecule has 2 aromatic heterocycles. The number of aryl methyl sites for hydroxylation is 2. The van der Waals surface area contributed by atoms with Crippen molar-refractivity contribution in [2.45, 2.75) is 32.6 Å². The SMILES string of the molecule is Cc1ccccc1CC(=O)N1CCC(CCc2noc(-c3cccnc3)n2)C1. The number of amides is 1. The second-order valence-electron chi connectivity index (χ2n) is 7.39. The number of aromatic nitrogens is 3. The van der Waals surface area contributed by atoms with Gasteiger partial charge < -0.3 is 9.42 Å². The van der Waals surface area contributed by atoms with E-state index in [-0.39, 0.29) is 5.91 Å². The molecule has 28 heavy (non-hydrogen) atoms. The maximum Gasteiger partial charge on any atom is 0.259 e. The van der Waals surface area contributed by atoms with Crippen molar-refractivity contribution in [3.05, 3.63) is 65.7 Å². The lowest BCUT2D eigenvalue weighted by atomic mass is 10.0. The van der Waals surface area contributed by atoms with E-state index >= 15 is 0 Å². The van der Waals surface area contributed by atoms with Crippen molar-refractivity contribution in [1.82, 2.24) is 20.0 Å². The van der Waals surface area contributed by atoms with Gasteiger partial charge in [-0.05, 0) is 48.9 Å². The molecule has 6 heteroatoms. The van der Waals surface area contributed by atoms with E-state index < -0.39 is 0 Å². The van der Waals surface area contributed by atoms with Crippen molar-refractivity contribution in [3.63, 3.8) is 0 Å². The molecule has 0 spiro atoms. The Bertz CT molecular complexity index is 938. The third-order valence-corrected chi connectivity index (χ3v) is 5.39. The van der Waals surface area contributed by atoms with Gasteiger partial charge in [0.1, 0.15) is 0 Å². The summed E-state index contributed by atoms with van der Waals surface area (Å²) in [6, 6.07) is 11.8. The molecule has 1 saturated heterocycles. The number of rotatable bonds is 6. The highest BCUT2D eigenvalue weighted by Crippen LogP contribution is 2.23. The van der Waals surface area contributed by atoms with E-state index in [0.717, 1.165) is 43.5 Å². The van der Waals surface area contributed by atoms with E-state index in [2.05, 4.69) is 28.1 Å². The molecule has 0 saturated carbocycles. The number of hydrogen-bond donors (Lipinski definition) is 0.